The zero-order valence-electron chi connectivity index (χ0n) is 10.2. The molecule has 0 amide bonds. The van der Waals surface area contributed by atoms with Crippen molar-refractivity contribution in [2.75, 3.05) is 7.11 Å². The fourth-order valence-electron chi connectivity index (χ4n) is 1.64. The van der Waals surface area contributed by atoms with E-state index in [1.807, 2.05) is 38.1 Å². The fraction of sp³-hybridized carbons (Fsp3) is 0.462. The van der Waals surface area contributed by atoms with Gasteiger partial charge in [0, 0.05) is 0 Å². The van der Waals surface area contributed by atoms with Crippen molar-refractivity contribution >= 4 is 5.97 Å². The van der Waals surface area contributed by atoms with Gasteiger partial charge in [0.2, 0.25) is 0 Å². The van der Waals surface area contributed by atoms with Crippen LogP contribution < -0.4 is 4.74 Å². The highest BCUT2D eigenvalue weighted by Gasteiger charge is 2.47. The number of epoxide rings is 1. The van der Waals surface area contributed by atoms with Crippen molar-refractivity contribution in [1.29, 1.82) is 0 Å². The molecule has 17 heavy (non-hydrogen) atoms. The minimum atomic E-state index is -0.453. The Bertz CT molecular complexity index is 396. The van der Waals surface area contributed by atoms with Gasteiger partial charge in [-0.25, -0.2) is 4.79 Å². The topological polar surface area (TPSA) is 48.1 Å². The van der Waals surface area contributed by atoms with E-state index in [1.165, 1.54) is 0 Å². The van der Waals surface area contributed by atoms with Gasteiger partial charge in [-0.1, -0.05) is 12.1 Å². The van der Waals surface area contributed by atoms with Gasteiger partial charge in [0.05, 0.1) is 13.2 Å². The summed E-state index contributed by atoms with van der Waals surface area (Å²) in [5.41, 5.74) is 0.969. The molecule has 1 heterocycles. The largest absolute Gasteiger partial charge is 0.497 e. The molecule has 1 aromatic rings. The van der Waals surface area contributed by atoms with Crippen molar-refractivity contribution in [3.05, 3.63) is 29.8 Å². The van der Waals surface area contributed by atoms with Crippen LogP contribution in [0.3, 0.4) is 0 Å². The summed E-state index contributed by atoms with van der Waals surface area (Å²) in [6, 6.07) is 7.49. The maximum Gasteiger partial charge on any atom is 0.338 e. The molecule has 1 aromatic carbocycles. The highest BCUT2D eigenvalue weighted by atomic mass is 16.6. The quantitative estimate of drug-likeness (QED) is 0.593. The van der Waals surface area contributed by atoms with Crippen molar-refractivity contribution < 1.29 is 19.0 Å². The SMILES string of the molecule is COc1ccc(C2OC2C(=O)OC(C)C)cc1. The first-order chi connectivity index (χ1) is 8.11. The zero-order valence-corrected chi connectivity index (χ0v) is 10.2. The van der Waals surface area contributed by atoms with Gasteiger partial charge in [0.25, 0.3) is 0 Å². The number of hydrogen-bond donors (Lipinski definition) is 0. The Morgan fingerprint density at radius 1 is 1.29 bits per heavy atom. The second-order valence-electron chi connectivity index (χ2n) is 4.24. The summed E-state index contributed by atoms with van der Waals surface area (Å²) in [6.07, 6.45) is -0.735. The van der Waals surface area contributed by atoms with Crippen LogP contribution in [0.2, 0.25) is 0 Å². The average Bonchev–Trinajstić information content (AvgIpc) is 3.08. The molecule has 1 aliphatic rings. The van der Waals surface area contributed by atoms with E-state index in [2.05, 4.69) is 0 Å². The molecule has 0 radical (unpaired) electrons. The first kappa shape index (κ1) is 11.9. The molecule has 1 aliphatic heterocycles. The molecule has 4 nitrogen and oxygen atoms in total. The molecule has 92 valence electrons. The molecule has 0 aliphatic carbocycles. The van der Waals surface area contributed by atoms with E-state index >= 15 is 0 Å². The molecule has 1 fully saturated rings. The summed E-state index contributed by atoms with van der Waals surface area (Å²) in [6.45, 7) is 3.64. The van der Waals surface area contributed by atoms with Gasteiger partial charge in [-0.2, -0.15) is 0 Å². The third-order valence-electron chi connectivity index (χ3n) is 2.52. The van der Waals surface area contributed by atoms with Crippen LogP contribution in [0, 0.1) is 0 Å². The van der Waals surface area contributed by atoms with E-state index in [0.29, 0.717) is 0 Å². The van der Waals surface area contributed by atoms with Crippen molar-refractivity contribution in [1.82, 2.24) is 0 Å². The van der Waals surface area contributed by atoms with E-state index in [-0.39, 0.29) is 18.2 Å². The van der Waals surface area contributed by atoms with Crippen molar-refractivity contribution in [3.63, 3.8) is 0 Å². The Balaban J connectivity index is 1.95. The van der Waals surface area contributed by atoms with Crippen LogP contribution in [-0.2, 0) is 14.3 Å². The van der Waals surface area contributed by atoms with Gasteiger partial charge in [0.1, 0.15) is 11.9 Å². The van der Waals surface area contributed by atoms with E-state index in [1.54, 1.807) is 7.11 Å². The first-order valence-corrected chi connectivity index (χ1v) is 5.61. The van der Waals surface area contributed by atoms with Crippen molar-refractivity contribution in [3.8, 4) is 5.75 Å². The summed E-state index contributed by atoms with van der Waals surface area (Å²) in [5, 5.41) is 0. The van der Waals surface area contributed by atoms with Crippen LogP contribution in [-0.4, -0.2) is 25.3 Å². The smallest absolute Gasteiger partial charge is 0.338 e. The van der Waals surface area contributed by atoms with E-state index in [0.717, 1.165) is 11.3 Å². The third kappa shape index (κ3) is 2.77. The Morgan fingerprint density at radius 3 is 2.47 bits per heavy atom. The molecular formula is C13H16O4. The van der Waals surface area contributed by atoms with Crippen LogP contribution >= 0.6 is 0 Å². The number of methoxy groups -OCH3 is 1. The van der Waals surface area contributed by atoms with Gasteiger partial charge in [-0.3, -0.25) is 0 Å². The lowest BCUT2D eigenvalue weighted by atomic mass is 10.1. The molecule has 0 saturated carbocycles. The fourth-order valence-corrected chi connectivity index (χ4v) is 1.64. The minimum absolute atomic E-state index is 0.108. The summed E-state index contributed by atoms with van der Waals surface area (Å²) in [5.74, 6) is 0.497. The number of hydrogen-bond acceptors (Lipinski definition) is 4. The van der Waals surface area contributed by atoms with Gasteiger partial charge in [0.15, 0.2) is 6.10 Å². The second-order valence-corrected chi connectivity index (χ2v) is 4.24. The summed E-state index contributed by atoms with van der Waals surface area (Å²) in [4.78, 5) is 11.6. The summed E-state index contributed by atoms with van der Waals surface area (Å²) < 4.78 is 15.5. The molecule has 2 rings (SSSR count). The number of esters is 1. The molecular weight excluding hydrogens is 220 g/mol. The Kier molecular flexibility index (Phi) is 3.33. The lowest BCUT2D eigenvalue weighted by Crippen LogP contribution is -2.17. The van der Waals surface area contributed by atoms with Crippen LogP contribution in [0.25, 0.3) is 0 Å². The average molecular weight is 236 g/mol. The number of carbonyl (C=O) groups is 1. The minimum Gasteiger partial charge on any atom is -0.497 e. The first-order valence-electron chi connectivity index (χ1n) is 5.61. The lowest BCUT2D eigenvalue weighted by Gasteiger charge is -2.05. The summed E-state index contributed by atoms with van der Waals surface area (Å²) >= 11 is 0. The van der Waals surface area contributed by atoms with Gasteiger partial charge in [-0.15, -0.1) is 0 Å². The molecule has 1 saturated heterocycles. The number of carbonyl (C=O) groups excluding carboxylic acids is 1. The predicted octanol–water partition coefficient (Wildman–Crippen LogP) is 2.09. The Morgan fingerprint density at radius 2 is 1.94 bits per heavy atom. The number of ether oxygens (including phenoxy) is 3. The highest BCUT2D eigenvalue weighted by Crippen LogP contribution is 2.40. The maximum absolute atomic E-state index is 11.6. The lowest BCUT2D eigenvalue weighted by molar-refractivity contribution is -0.148. The maximum atomic E-state index is 11.6. The van der Waals surface area contributed by atoms with Crippen LogP contribution in [0.5, 0.6) is 5.75 Å². The van der Waals surface area contributed by atoms with Gasteiger partial charge < -0.3 is 14.2 Å². The molecule has 0 aromatic heterocycles. The van der Waals surface area contributed by atoms with E-state index in [9.17, 15) is 4.79 Å². The van der Waals surface area contributed by atoms with E-state index < -0.39 is 6.10 Å². The molecule has 2 atom stereocenters. The van der Waals surface area contributed by atoms with Crippen LogP contribution in [0.4, 0.5) is 0 Å². The molecule has 0 bridgehead atoms. The monoisotopic (exact) mass is 236 g/mol. The third-order valence-corrected chi connectivity index (χ3v) is 2.52. The molecule has 0 N–H and O–H groups in total. The molecule has 0 spiro atoms. The Hall–Kier alpha value is -1.55. The Labute approximate surface area is 100 Å². The number of benzene rings is 1. The van der Waals surface area contributed by atoms with Crippen molar-refractivity contribution in [2.45, 2.75) is 32.2 Å². The normalized spacial score (nSPS) is 22.4. The van der Waals surface area contributed by atoms with Crippen LogP contribution in [0.1, 0.15) is 25.5 Å². The number of rotatable bonds is 4. The highest BCUT2D eigenvalue weighted by molar-refractivity contribution is 5.78. The zero-order chi connectivity index (χ0) is 12.4. The van der Waals surface area contributed by atoms with Gasteiger partial charge in [-0.05, 0) is 31.5 Å². The van der Waals surface area contributed by atoms with E-state index in [4.69, 9.17) is 14.2 Å². The van der Waals surface area contributed by atoms with Crippen molar-refractivity contribution in [2.24, 2.45) is 0 Å². The standard InChI is InChI=1S/C13H16O4/c1-8(2)16-13(14)12-11(17-12)9-4-6-10(15-3)7-5-9/h4-8,11-12H,1-3H3. The van der Waals surface area contributed by atoms with Crippen LogP contribution in [0.15, 0.2) is 24.3 Å². The predicted molar refractivity (Wildman–Crippen MR) is 61.8 cm³/mol. The molecule has 4 heteroatoms. The summed E-state index contributed by atoms with van der Waals surface area (Å²) in [7, 11) is 1.62. The van der Waals surface area contributed by atoms with Gasteiger partial charge >= 0.3 is 5.97 Å². The second kappa shape index (κ2) is 4.75. The molecule has 2 unspecified atom stereocenters.